The molecule has 34 heavy (non-hydrogen) atoms. The highest BCUT2D eigenvalue weighted by atomic mass is 35.5. The third kappa shape index (κ3) is 4.23. The Kier molecular flexibility index (Phi) is 5.97. The summed E-state index contributed by atoms with van der Waals surface area (Å²) in [7, 11) is 0. The first-order chi connectivity index (χ1) is 16.6. The number of H-pyrrole nitrogens is 2. The van der Waals surface area contributed by atoms with Crippen molar-refractivity contribution in [2.24, 2.45) is 0 Å². The van der Waals surface area contributed by atoms with Crippen LogP contribution in [-0.4, -0.2) is 35.8 Å². The van der Waals surface area contributed by atoms with Gasteiger partial charge in [0, 0.05) is 12.4 Å². The fourth-order valence-electron chi connectivity index (χ4n) is 3.95. The summed E-state index contributed by atoms with van der Waals surface area (Å²) in [6, 6.07) is 15.6. The molecule has 0 unspecified atom stereocenters. The van der Waals surface area contributed by atoms with E-state index in [1.165, 1.54) is 0 Å². The molecule has 3 aromatic heterocycles. The van der Waals surface area contributed by atoms with Crippen LogP contribution in [0.15, 0.2) is 60.9 Å². The van der Waals surface area contributed by atoms with Crippen LogP contribution >= 0.6 is 11.6 Å². The van der Waals surface area contributed by atoms with E-state index in [0.29, 0.717) is 28.2 Å². The minimum Gasteiger partial charge on any atom is -0.275 e. The van der Waals surface area contributed by atoms with Gasteiger partial charge >= 0.3 is 0 Å². The van der Waals surface area contributed by atoms with Crippen LogP contribution in [0.25, 0.3) is 34.2 Å². The molecule has 7 nitrogen and oxygen atoms in total. The molecular formula is C25H19ClFN7. The summed E-state index contributed by atoms with van der Waals surface area (Å²) in [6.45, 7) is 2.07. The molecule has 0 saturated heterocycles. The van der Waals surface area contributed by atoms with Crippen molar-refractivity contribution >= 4 is 45.8 Å². The zero-order valence-electron chi connectivity index (χ0n) is 18.1. The van der Waals surface area contributed by atoms with Gasteiger partial charge in [-0.1, -0.05) is 54.9 Å². The van der Waals surface area contributed by atoms with E-state index in [-0.39, 0.29) is 0 Å². The summed E-state index contributed by atoms with van der Waals surface area (Å²) >= 11 is 6.54. The molecule has 2 aromatic carbocycles. The first kappa shape index (κ1) is 21.7. The number of hydrogen-bond donors (Lipinski definition) is 2. The van der Waals surface area contributed by atoms with Gasteiger partial charge in [-0.3, -0.25) is 10.1 Å². The van der Waals surface area contributed by atoms with E-state index in [1.54, 1.807) is 18.5 Å². The van der Waals surface area contributed by atoms with Gasteiger partial charge in [-0.05, 0) is 74.5 Å². The maximum atomic E-state index is 14.3. The van der Waals surface area contributed by atoms with E-state index in [9.17, 15) is 4.39 Å². The van der Waals surface area contributed by atoms with Crippen molar-refractivity contribution in [1.29, 1.82) is 0 Å². The number of rotatable bonds is 6. The fraction of sp³-hybridized carbons (Fsp3) is 0.0800. The van der Waals surface area contributed by atoms with Gasteiger partial charge in [-0.2, -0.15) is 4.39 Å². The highest BCUT2D eigenvalue weighted by molar-refractivity contribution is 6.32. The topological polar surface area (TPSA) is 96.0 Å². The van der Waals surface area contributed by atoms with Crippen LogP contribution in [-0.2, 0) is 0 Å². The number of allylic oxidation sites excluding steroid dienone is 1. The lowest BCUT2D eigenvalue weighted by Crippen LogP contribution is -1.96. The van der Waals surface area contributed by atoms with Crippen LogP contribution in [0, 0.1) is 5.95 Å². The molecule has 5 rings (SSSR count). The Bertz CT molecular complexity index is 1500. The molecule has 168 valence electrons. The SMILES string of the molecule is CC/C(=C(/c1ccc(/C=C/c2nnn[nH]2)cc1)c1ccc2[nH]nc(F)c2c1)c1ccncc1Cl. The molecule has 0 atom stereocenters. The van der Waals surface area contributed by atoms with E-state index >= 15 is 0 Å². The maximum absolute atomic E-state index is 14.3. The minimum absolute atomic E-state index is 0.437. The number of aromatic amines is 2. The number of fused-ring (bicyclic) bond motifs is 1. The zero-order valence-corrected chi connectivity index (χ0v) is 18.9. The predicted octanol–water partition coefficient (Wildman–Crippen LogP) is 5.80. The molecule has 0 aliphatic heterocycles. The van der Waals surface area contributed by atoms with Gasteiger partial charge in [0.1, 0.15) is 0 Å². The van der Waals surface area contributed by atoms with Crippen molar-refractivity contribution in [2.45, 2.75) is 13.3 Å². The van der Waals surface area contributed by atoms with Gasteiger partial charge < -0.3 is 0 Å². The number of pyridine rings is 1. The zero-order chi connectivity index (χ0) is 23.5. The highest BCUT2D eigenvalue weighted by Gasteiger charge is 2.17. The second-order valence-electron chi connectivity index (χ2n) is 7.58. The monoisotopic (exact) mass is 471 g/mol. The van der Waals surface area contributed by atoms with E-state index in [4.69, 9.17) is 11.6 Å². The summed E-state index contributed by atoms with van der Waals surface area (Å²) in [5.41, 5.74) is 6.36. The predicted molar refractivity (Wildman–Crippen MR) is 131 cm³/mol. The Labute approximate surface area is 199 Å². The summed E-state index contributed by atoms with van der Waals surface area (Å²) in [5, 5.41) is 21.1. The molecule has 9 heteroatoms. The summed E-state index contributed by atoms with van der Waals surface area (Å²) in [6.07, 6.45) is 7.79. The highest BCUT2D eigenvalue weighted by Crippen LogP contribution is 2.38. The van der Waals surface area contributed by atoms with E-state index in [2.05, 4.69) is 42.7 Å². The van der Waals surface area contributed by atoms with Crippen LogP contribution in [0.4, 0.5) is 4.39 Å². The first-order valence-electron chi connectivity index (χ1n) is 10.6. The van der Waals surface area contributed by atoms with Gasteiger partial charge in [-0.15, -0.1) is 10.2 Å². The first-order valence-corrected chi connectivity index (χ1v) is 11.0. The van der Waals surface area contributed by atoms with Gasteiger partial charge in [-0.25, -0.2) is 5.10 Å². The summed E-state index contributed by atoms with van der Waals surface area (Å²) < 4.78 is 14.3. The molecule has 5 aromatic rings. The lowest BCUT2D eigenvalue weighted by molar-refractivity contribution is 0.588. The Hall–Kier alpha value is -4.17. The molecule has 0 spiro atoms. The number of aromatic nitrogens is 7. The molecule has 0 amide bonds. The van der Waals surface area contributed by atoms with E-state index in [1.807, 2.05) is 54.6 Å². The average Bonchev–Trinajstić information content (AvgIpc) is 3.52. The van der Waals surface area contributed by atoms with Gasteiger partial charge in [0.2, 0.25) is 5.95 Å². The Morgan fingerprint density at radius 3 is 2.59 bits per heavy atom. The largest absolute Gasteiger partial charge is 0.275 e. The molecular weight excluding hydrogens is 453 g/mol. The lowest BCUT2D eigenvalue weighted by atomic mass is 9.87. The quantitative estimate of drug-likeness (QED) is 0.326. The second kappa shape index (κ2) is 9.36. The van der Waals surface area contributed by atoms with Crippen LogP contribution in [0.1, 0.15) is 41.4 Å². The molecule has 0 radical (unpaired) electrons. The minimum atomic E-state index is -0.529. The van der Waals surface area contributed by atoms with Gasteiger partial charge in [0.05, 0.1) is 15.9 Å². The number of hydrogen-bond acceptors (Lipinski definition) is 5. The van der Waals surface area contributed by atoms with Crippen molar-refractivity contribution in [2.75, 3.05) is 0 Å². The number of nitrogens with one attached hydrogen (secondary N) is 2. The normalized spacial score (nSPS) is 12.4. The summed E-state index contributed by atoms with van der Waals surface area (Å²) in [4.78, 5) is 4.12. The standard InChI is InChI=1S/C25H19ClFN7/c1-2-18(19-11-12-28-14-21(19)26)24(17-8-9-22-20(13-17)25(27)32-29-22)16-6-3-15(4-7-16)5-10-23-30-33-34-31-23/h3-14H,2H2,1H3,(H,29,32)(H,30,31,33,34)/b10-5+,24-18+. The van der Waals surface area contributed by atoms with Gasteiger partial charge in [0.25, 0.3) is 0 Å². The van der Waals surface area contributed by atoms with Crippen molar-refractivity contribution in [3.63, 3.8) is 0 Å². The molecule has 2 N–H and O–H groups in total. The Morgan fingerprint density at radius 2 is 1.85 bits per heavy atom. The van der Waals surface area contributed by atoms with Gasteiger partial charge in [0.15, 0.2) is 5.82 Å². The molecule has 0 bridgehead atoms. The molecule has 0 aliphatic carbocycles. The van der Waals surface area contributed by atoms with Crippen LogP contribution in [0.3, 0.4) is 0 Å². The van der Waals surface area contributed by atoms with Crippen molar-refractivity contribution in [1.82, 2.24) is 35.8 Å². The molecule has 0 aliphatic rings. The lowest BCUT2D eigenvalue weighted by Gasteiger charge is -2.17. The molecule has 0 saturated carbocycles. The second-order valence-corrected chi connectivity index (χ2v) is 7.99. The molecule has 0 fully saturated rings. The van der Waals surface area contributed by atoms with Crippen LogP contribution in [0.2, 0.25) is 5.02 Å². The number of nitrogens with zero attached hydrogens (tertiary/aromatic N) is 5. The summed E-state index contributed by atoms with van der Waals surface area (Å²) in [5.74, 6) is 0.0410. The third-order valence-electron chi connectivity index (χ3n) is 5.55. The number of halogens is 2. The van der Waals surface area contributed by atoms with Crippen molar-refractivity contribution in [3.8, 4) is 0 Å². The van der Waals surface area contributed by atoms with Crippen molar-refractivity contribution in [3.05, 3.63) is 100.0 Å². The van der Waals surface area contributed by atoms with Crippen molar-refractivity contribution < 1.29 is 4.39 Å². The maximum Gasteiger partial charge on any atom is 0.240 e. The van der Waals surface area contributed by atoms with E-state index < -0.39 is 5.95 Å². The molecule has 3 heterocycles. The van der Waals surface area contributed by atoms with E-state index in [0.717, 1.165) is 33.4 Å². The fourth-order valence-corrected chi connectivity index (χ4v) is 4.18. The Balaban J connectivity index is 1.66. The average molecular weight is 472 g/mol. The Morgan fingerprint density at radius 1 is 1.03 bits per heavy atom. The number of tetrazole rings is 1. The van der Waals surface area contributed by atoms with Crippen LogP contribution in [0.5, 0.6) is 0 Å². The number of benzene rings is 2. The third-order valence-corrected chi connectivity index (χ3v) is 5.85. The van der Waals surface area contributed by atoms with Crippen LogP contribution < -0.4 is 0 Å². The smallest absolute Gasteiger partial charge is 0.240 e.